The van der Waals surface area contributed by atoms with Crippen LogP contribution in [0.1, 0.15) is 25.0 Å². The number of hydrazone groups is 1. The van der Waals surface area contributed by atoms with E-state index < -0.39 is 23.9 Å². The summed E-state index contributed by atoms with van der Waals surface area (Å²) in [6, 6.07) is 12.7. The van der Waals surface area contributed by atoms with Crippen molar-refractivity contribution in [2.45, 2.75) is 26.3 Å². The normalized spacial score (nSPS) is 21.1. The van der Waals surface area contributed by atoms with E-state index in [1.165, 1.54) is 17.7 Å². The summed E-state index contributed by atoms with van der Waals surface area (Å²) in [4.78, 5) is 23.9. The molecule has 2 heterocycles. The molecule has 2 aliphatic rings. The minimum Gasteiger partial charge on any atom is -0.325 e. The summed E-state index contributed by atoms with van der Waals surface area (Å²) in [5.41, 5.74) is 3.36. The van der Waals surface area contributed by atoms with Crippen LogP contribution in [0, 0.1) is 17.7 Å². The van der Waals surface area contributed by atoms with Crippen molar-refractivity contribution in [3.63, 3.8) is 0 Å². The second kappa shape index (κ2) is 7.58. The molecular weight excluding hydrogens is 371 g/mol. The van der Waals surface area contributed by atoms with Gasteiger partial charge < -0.3 is 5.32 Å². The SMILES string of the molecule is CC(C)Cc1cccc([N+]2=CC(C3NC(=O)NC3=O)C(c3ccc(F)cc3)=N2)c1. The summed E-state index contributed by atoms with van der Waals surface area (Å²) in [5, 5.41) is 9.63. The largest absolute Gasteiger partial charge is 0.325 e. The molecule has 0 aromatic heterocycles. The van der Waals surface area contributed by atoms with Crippen LogP contribution in [0.4, 0.5) is 14.9 Å². The highest BCUT2D eigenvalue weighted by atomic mass is 19.1. The Labute approximate surface area is 168 Å². The molecule has 0 saturated carbocycles. The molecule has 2 aromatic rings. The van der Waals surface area contributed by atoms with E-state index >= 15 is 0 Å². The van der Waals surface area contributed by atoms with Crippen molar-refractivity contribution in [3.8, 4) is 0 Å². The zero-order chi connectivity index (χ0) is 20.5. The van der Waals surface area contributed by atoms with Gasteiger partial charge in [-0.2, -0.15) is 0 Å². The number of hydrogen-bond donors (Lipinski definition) is 2. The zero-order valence-electron chi connectivity index (χ0n) is 16.2. The molecule has 0 radical (unpaired) electrons. The Morgan fingerprint density at radius 2 is 1.90 bits per heavy atom. The van der Waals surface area contributed by atoms with Gasteiger partial charge in [-0.05, 0) is 42.2 Å². The fourth-order valence-corrected chi connectivity index (χ4v) is 3.68. The molecule has 2 aliphatic heterocycles. The molecule has 3 amide bonds. The van der Waals surface area contributed by atoms with E-state index in [-0.39, 0.29) is 5.82 Å². The first-order valence-corrected chi connectivity index (χ1v) is 9.59. The van der Waals surface area contributed by atoms with Crippen molar-refractivity contribution in [2.24, 2.45) is 16.9 Å². The van der Waals surface area contributed by atoms with E-state index in [1.807, 2.05) is 18.3 Å². The van der Waals surface area contributed by atoms with Crippen LogP contribution in [0.15, 0.2) is 53.6 Å². The molecule has 6 nitrogen and oxygen atoms in total. The van der Waals surface area contributed by atoms with Gasteiger partial charge in [0.25, 0.3) is 5.91 Å². The summed E-state index contributed by atoms with van der Waals surface area (Å²) in [6.45, 7) is 4.33. The van der Waals surface area contributed by atoms with Gasteiger partial charge >= 0.3 is 6.03 Å². The van der Waals surface area contributed by atoms with E-state index in [9.17, 15) is 14.0 Å². The van der Waals surface area contributed by atoms with Crippen molar-refractivity contribution in [1.29, 1.82) is 0 Å². The van der Waals surface area contributed by atoms with Crippen LogP contribution >= 0.6 is 0 Å². The number of hydrogen-bond acceptors (Lipinski definition) is 3. The quantitative estimate of drug-likeness (QED) is 0.605. The monoisotopic (exact) mass is 393 g/mol. The fourth-order valence-electron chi connectivity index (χ4n) is 3.68. The van der Waals surface area contributed by atoms with Crippen LogP contribution in [0.2, 0.25) is 0 Å². The molecular formula is C22H22FN4O2+. The molecule has 2 unspecified atom stereocenters. The Morgan fingerprint density at radius 3 is 2.55 bits per heavy atom. The number of nitrogens with zero attached hydrogens (tertiary/aromatic N) is 2. The Hall–Kier alpha value is -3.35. The number of amides is 3. The summed E-state index contributed by atoms with van der Waals surface area (Å²) >= 11 is 0. The topological polar surface area (TPSA) is 73.6 Å². The predicted molar refractivity (Wildman–Crippen MR) is 108 cm³/mol. The lowest BCUT2D eigenvalue weighted by Gasteiger charge is -2.12. The van der Waals surface area contributed by atoms with Crippen LogP contribution in [-0.4, -0.2) is 34.6 Å². The third-order valence-electron chi connectivity index (χ3n) is 4.96. The van der Waals surface area contributed by atoms with Crippen molar-refractivity contribution in [2.75, 3.05) is 0 Å². The first-order chi connectivity index (χ1) is 13.9. The molecule has 148 valence electrons. The van der Waals surface area contributed by atoms with Gasteiger partial charge in [-0.25, -0.2) is 9.18 Å². The Kier molecular flexibility index (Phi) is 4.96. The maximum absolute atomic E-state index is 13.4. The summed E-state index contributed by atoms with van der Waals surface area (Å²) in [5.74, 6) is -0.698. The molecule has 0 spiro atoms. The van der Waals surface area contributed by atoms with Crippen molar-refractivity contribution < 1.29 is 18.7 Å². The highest BCUT2D eigenvalue weighted by Gasteiger charge is 2.44. The number of urea groups is 1. The summed E-state index contributed by atoms with van der Waals surface area (Å²) in [7, 11) is 0. The first-order valence-electron chi connectivity index (χ1n) is 9.59. The van der Waals surface area contributed by atoms with Crippen LogP contribution in [0.3, 0.4) is 0 Å². The third kappa shape index (κ3) is 3.94. The maximum Gasteiger partial charge on any atom is 0.322 e. The zero-order valence-corrected chi connectivity index (χ0v) is 16.2. The van der Waals surface area contributed by atoms with Gasteiger partial charge in [-0.3, -0.25) is 10.1 Å². The van der Waals surface area contributed by atoms with Crippen molar-refractivity contribution in [3.05, 3.63) is 65.5 Å². The van der Waals surface area contributed by atoms with Crippen LogP contribution in [0.25, 0.3) is 0 Å². The van der Waals surface area contributed by atoms with E-state index in [2.05, 4.69) is 36.6 Å². The van der Waals surface area contributed by atoms with E-state index in [1.54, 1.807) is 16.8 Å². The standard InChI is InChI=1S/C22H21FN4O2/c1-13(2)10-14-4-3-5-17(11-14)27-12-18(20-21(28)25-22(29)24-20)19(26-27)15-6-8-16(23)9-7-15/h3-9,11-13,18,20H,10H2,1-2H3,(H-,24,25,28,29)/p+1. The highest BCUT2D eigenvalue weighted by molar-refractivity contribution is 6.16. The lowest BCUT2D eigenvalue weighted by molar-refractivity contribution is -0.437. The second-order valence-corrected chi connectivity index (χ2v) is 7.72. The molecule has 1 fully saturated rings. The van der Waals surface area contributed by atoms with Crippen LogP contribution in [0.5, 0.6) is 0 Å². The number of benzene rings is 2. The van der Waals surface area contributed by atoms with E-state index in [4.69, 9.17) is 5.10 Å². The number of carbonyl (C=O) groups is 2. The number of halogens is 1. The highest BCUT2D eigenvalue weighted by Crippen LogP contribution is 2.25. The Morgan fingerprint density at radius 1 is 1.14 bits per heavy atom. The molecule has 2 atom stereocenters. The molecule has 7 heteroatoms. The average molecular weight is 393 g/mol. The number of imide groups is 1. The van der Waals surface area contributed by atoms with Gasteiger partial charge in [-0.15, -0.1) is 0 Å². The number of nitrogens with one attached hydrogen (secondary N) is 2. The summed E-state index contributed by atoms with van der Waals surface area (Å²) in [6.07, 6.45) is 2.77. The van der Waals surface area contributed by atoms with Crippen molar-refractivity contribution in [1.82, 2.24) is 10.6 Å². The molecule has 1 saturated heterocycles. The van der Waals surface area contributed by atoms with Crippen LogP contribution < -0.4 is 10.6 Å². The predicted octanol–water partition coefficient (Wildman–Crippen LogP) is 2.98. The minimum absolute atomic E-state index is 0.349. The Bertz CT molecular complexity index is 1030. The smallest absolute Gasteiger partial charge is 0.322 e. The van der Waals surface area contributed by atoms with E-state index in [0.29, 0.717) is 17.2 Å². The van der Waals surface area contributed by atoms with Gasteiger partial charge in [0, 0.05) is 22.8 Å². The lowest BCUT2D eigenvalue weighted by Crippen LogP contribution is -2.41. The Balaban J connectivity index is 1.74. The summed E-state index contributed by atoms with van der Waals surface area (Å²) < 4.78 is 15.1. The fraction of sp³-hybridized carbons (Fsp3) is 0.273. The maximum atomic E-state index is 13.4. The average Bonchev–Trinajstić information content (AvgIpc) is 3.25. The second-order valence-electron chi connectivity index (χ2n) is 7.72. The van der Waals surface area contributed by atoms with Gasteiger partial charge in [0.05, 0.1) is 0 Å². The van der Waals surface area contributed by atoms with Crippen molar-refractivity contribution >= 4 is 29.6 Å². The molecule has 0 aliphatic carbocycles. The van der Waals surface area contributed by atoms with Gasteiger partial charge in [0.1, 0.15) is 23.5 Å². The van der Waals surface area contributed by atoms with Gasteiger partial charge in [-0.1, -0.05) is 30.7 Å². The number of rotatable bonds is 5. The third-order valence-corrected chi connectivity index (χ3v) is 4.96. The lowest BCUT2D eigenvalue weighted by atomic mass is 9.91. The van der Waals surface area contributed by atoms with E-state index in [0.717, 1.165) is 12.1 Å². The minimum atomic E-state index is -0.768. The molecule has 4 rings (SSSR count). The molecule has 29 heavy (non-hydrogen) atoms. The number of carbonyl (C=O) groups excluding carboxylic acids is 2. The first kappa shape index (κ1) is 19.0. The molecule has 2 aromatic carbocycles. The van der Waals surface area contributed by atoms with Crippen LogP contribution in [-0.2, 0) is 11.2 Å². The van der Waals surface area contributed by atoms with Gasteiger partial charge in [0.15, 0.2) is 6.21 Å². The molecule has 0 bridgehead atoms. The van der Waals surface area contributed by atoms with Gasteiger partial charge in [0.2, 0.25) is 5.69 Å². The molecule has 2 N–H and O–H groups in total.